The molecule has 5 N–H and O–H groups in total. The molecule has 76 valence electrons. The fraction of sp³-hybridized carbons (Fsp3) is 0.444. The van der Waals surface area contributed by atoms with E-state index in [2.05, 4.69) is 15.2 Å². The van der Waals surface area contributed by atoms with E-state index < -0.39 is 0 Å². The first-order valence-corrected chi connectivity index (χ1v) is 4.74. The highest BCUT2D eigenvalue weighted by molar-refractivity contribution is 5.76. The Morgan fingerprint density at radius 1 is 1.29 bits per heavy atom. The van der Waals surface area contributed by atoms with Crippen molar-refractivity contribution in [1.82, 2.24) is 10.3 Å². The second kappa shape index (κ2) is 3.71. The Morgan fingerprint density at radius 2 is 2.00 bits per heavy atom. The number of nitrogen functional groups attached to an aromatic ring is 2. The van der Waals surface area contributed by atoms with Crippen LogP contribution in [0.3, 0.4) is 0 Å². The number of aromatic nitrogens is 1. The van der Waals surface area contributed by atoms with Crippen LogP contribution in [0.15, 0.2) is 12.3 Å². The third-order valence-electron chi connectivity index (χ3n) is 2.42. The van der Waals surface area contributed by atoms with E-state index in [1.807, 2.05) is 0 Å². The molecule has 0 aliphatic carbocycles. The molecule has 1 aliphatic heterocycles. The molecule has 5 nitrogen and oxygen atoms in total. The predicted molar refractivity (Wildman–Crippen MR) is 58.1 cm³/mol. The molecular formula is C9H15N5. The highest BCUT2D eigenvalue weighted by Crippen LogP contribution is 2.25. The van der Waals surface area contributed by atoms with Gasteiger partial charge in [0.1, 0.15) is 0 Å². The second-order valence-electron chi connectivity index (χ2n) is 3.37. The van der Waals surface area contributed by atoms with Gasteiger partial charge in [0.05, 0.1) is 11.4 Å². The zero-order valence-electron chi connectivity index (χ0n) is 8.03. The molecule has 0 aromatic carbocycles. The first-order chi connectivity index (χ1) is 6.79. The van der Waals surface area contributed by atoms with Crippen molar-refractivity contribution < 1.29 is 0 Å². The van der Waals surface area contributed by atoms with Crippen LogP contribution in [-0.2, 0) is 0 Å². The fourth-order valence-electron chi connectivity index (χ4n) is 1.61. The van der Waals surface area contributed by atoms with Crippen molar-refractivity contribution in [2.45, 2.75) is 0 Å². The Hall–Kier alpha value is -1.49. The Balaban J connectivity index is 2.26. The smallest absolute Gasteiger partial charge is 0.153 e. The summed E-state index contributed by atoms with van der Waals surface area (Å²) in [6.07, 6.45) is 1.70. The van der Waals surface area contributed by atoms with E-state index in [-0.39, 0.29) is 0 Å². The van der Waals surface area contributed by atoms with Gasteiger partial charge in [-0.1, -0.05) is 0 Å². The van der Waals surface area contributed by atoms with E-state index in [4.69, 9.17) is 11.5 Å². The van der Waals surface area contributed by atoms with Gasteiger partial charge in [0.2, 0.25) is 0 Å². The highest BCUT2D eigenvalue weighted by Gasteiger charge is 2.14. The molecule has 0 bridgehead atoms. The Morgan fingerprint density at radius 3 is 2.71 bits per heavy atom. The van der Waals surface area contributed by atoms with E-state index in [1.54, 1.807) is 12.3 Å². The van der Waals surface area contributed by atoms with Crippen LogP contribution < -0.4 is 21.7 Å². The lowest BCUT2D eigenvalue weighted by molar-refractivity contribution is 0.585. The monoisotopic (exact) mass is 193 g/mol. The molecule has 1 aromatic heterocycles. The summed E-state index contributed by atoms with van der Waals surface area (Å²) in [5.74, 6) is 0.812. The second-order valence-corrected chi connectivity index (χ2v) is 3.37. The minimum Gasteiger partial charge on any atom is -0.397 e. The van der Waals surface area contributed by atoms with Gasteiger partial charge < -0.3 is 21.7 Å². The lowest BCUT2D eigenvalue weighted by Gasteiger charge is -2.29. The largest absolute Gasteiger partial charge is 0.397 e. The zero-order valence-corrected chi connectivity index (χ0v) is 8.03. The average molecular weight is 193 g/mol. The number of nitrogens with two attached hydrogens (primary N) is 2. The van der Waals surface area contributed by atoms with Crippen molar-refractivity contribution in [3.05, 3.63) is 12.3 Å². The first kappa shape index (κ1) is 9.08. The van der Waals surface area contributed by atoms with Gasteiger partial charge in [0.15, 0.2) is 5.82 Å². The number of nitrogens with one attached hydrogen (secondary N) is 1. The van der Waals surface area contributed by atoms with Crippen molar-refractivity contribution in [1.29, 1.82) is 0 Å². The maximum Gasteiger partial charge on any atom is 0.153 e. The maximum atomic E-state index is 5.86. The predicted octanol–water partition coefficient (Wildman–Crippen LogP) is -0.344. The standard InChI is InChI=1S/C9H15N5/c10-7-1-2-13-9(8(7)11)14-5-3-12-4-6-14/h1-2,12H,3-6,11H2,(H2,10,13). The molecule has 2 rings (SSSR count). The van der Waals surface area contributed by atoms with Crippen LogP contribution in [0.4, 0.5) is 17.2 Å². The summed E-state index contributed by atoms with van der Waals surface area (Å²) in [7, 11) is 0. The summed E-state index contributed by atoms with van der Waals surface area (Å²) < 4.78 is 0. The molecule has 1 saturated heterocycles. The molecule has 1 aromatic rings. The molecular weight excluding hydrogens is 178 g/mol. The number of hydrogen-bond acceptors (Lipinski definition) is 5. The lowest BCUT2D eigenvalue weighted by atomic mass is 10.3. The van der Waals surface area contributed by atoms with Crippen LogP contribution in [-0.4, -0.2) is 31.2 Å². The molecule has 14 heavy (non-hydrogen) atoms. The Labute approximate surface area is 83.1 Å². The van der Waals surface area contributed by atoms with Crippen LogP contribution in [0.1, 0.15) is 0 Å². The Kier molecular flexibility index (Phi) is 2.41. The van der Waals surface area contributed by atoms with Crippen LogP contribution >= 0.6 is 0 Å². The first-order valence-electron chi connectivity index (χ1n) is 4.74. The van der Waals surface area contributed by atoms with Crippen molar-refractivity contribution in [3.63, 3.8) is 0 Å². The minimum absolute atomic E-state index is 0.592. The van der Waals surface area contributed by atoms with Crippen LogP contribution in [0, 0.1) is 0 Å². The van der Waals surface area contributed by atoms with E-state index in [1.165, 1.54) is 0 Å². The van der Waals surface area contributed by atoms with Crippen molar-refractivity contribution in [3.8, 4) is 0 Å². The van der Waals surface area contributed by atoms with Gasteiger partial charge in [-0.25, -0.2) is 4.98 Å². The molecule has 0 saturated carbocycles. The Bertz CT molecular complexity index is 319. The molecule has 0 atom stereocenters. The lowest BCUT2D eigenvalue weighted by Crippen LogP contribution is -2.44. The van der Waals surface area contributed by atoms with E-state index >= 15 is 0 Å². The molecule has 0 unspecified atom stereocenters. The minimum atomic E-state index is 0.592. The normalized spacial score (nSPS) is 17.0. The van der Waals surface area contributed by atoms with Gasteiger partial charge in [0.25, 0.3) is 0 Å². The van der Waals surface area contributed by atoms with E-state index in [9.17, 15) is 0 Å². The van der Waals surface area contributed by atoms with Crippen LogP contribution in [0.5, 0.6) is 0 Å². The summed E-state index contributed by atoms with van der Waals surface area (Å²) in [5.41, 5.74) is 12.8. The van der Waals surface area contributed by atoms with Crippen molar-refractivity contribution in [2.75, 3.05) is 42.5 Å². The van der Waals surface area contributed by atoms with Crippen molar-refractivity contribution in [2.24, 2.45) is 0 Å². The number of nitrogens with zero attached hydrogens (tertiary/aromatic N) is 2. The van der Waals surface area contributed by atoms with Gasteiger partial charge in [-0.05, 0) is 6.07 Å². The quantitative estimate of drug-likeness (QED) is 0.568. The number of pyridine rings is 1. The summed E-state index contributed by atoms with van der Waals surface area (Å²) in [5, 5.41) is 3.28. The number of rotatable bonds is 1. The third-order valence-corrected chi connectivity index (χ3v) is 2.42. The van der Waals surface area contributed by atoms with Crippen molar-refractivity contribution >= 4 is 17.2 Å². The third kappa shape index (κ3) is 1.58. The highest BCUT2D eigenvalue weighted by atomic mass is 15.2. The van der Waals surface area contributed by atoms with Gasteiger partial charge in [-0.3, -0.25) is 0 Å². The summed E-state index contributed by atoms with van der Waals surface area (Å²) >= 11 is 0. The summed E-state index contributed by atoms with van der Waals surface area (Å²) in [4.78, 5) is 6.41. The molecule has 0 amide bonds. The van der Waals surface area contributed by atoms with Gasteiger partial charge in [0, 0.05) is 32.4 Å². The molecule has 0 radical (unpaired) electrons. The van der Waals surface area contributed by atoms with Crippen LogP contribution in [0.25, 0.3) is 0 Å². The molecule has 0 spiro atoms. The number of hydrogen-bond donors (Lipinski definition) is 3. The number of piperazine rings is 1. The molecule has 2 heterocycles. The molecule has 1 fully saturated rings. The number of anilines is 3. The fourth-order valence-corrected chi connectivity index (χ4v) is 1.61. The summed E-state index contributed by atoms with van der Waals surface area (Å²) in [6, 6.07) is 1.72. The molecule has 5 heteroatoms. The van der Waals surface area contributed by atoms with Gasteiger partial charge in [-0.2, -0.15) is 0 Å². The van der Waals surface area contributed by atoms with Crippen LogP contribution in [0.2, 0.25) is 0 Å². The van der Waals surface area contributed by atoms with Gasteiger partial charge >= 0.3 is 0 Å². The summed E-state index contributed by atoms with van der Waals surface area (Å²) in [6.45, 7) is 3.80. The average Bonchev–Trinajstić information content (AvgIpc) is 2.23. The van der Waals surface area contributed by atoms with Gasteiger partial charge in [-0.15, -0.1) is 0 Å². The van der Waals surface area contributed by atoms with E-state index in [0.717, 1.165) is 32.0 Å². The molecule has 1 aliphatic rings. The topological polar surface area (TPSA) is 80.2 Å². The SMILES string of the molecule is Nc1ccnc(N2CCNCC2)c1N. The maximum absolute atomic E-state index is 5.86. The van der Waals surface area contributed by atoms with E-state index in [0.29, 0.717) is 11.4 Å². The zero-order chi connectivity index (χ0) is 9.97.